The van der Waals surface area contributed by atoms with Gasteiger partial charge in [-0.3, -0.25) is 4.79 Å². The van der Waals surface area contributed by atoms with E-state index in [-0.39, 0.29) is 11.8 Å². The molecule has 1 amide bonds. The Labute approximate surface area is 106 Å². The first-order valence-corrected chi connectivity index (χ1v) is 5.96. The van der Waals surface area contributed by atoms with Crippen molar-refractivity contribution in [1.82, 2.24) is 5.32 Å². The minimum absolute atomic E-state index is 0.0109. The van der Waals surface area contributed by atoms with E-state index in [1.165, 1.54) is 0 Å². The van der Waals surface area contributed by atoms with Gasteiger partial charge in [-0.05, 0) is 17.7 Å². The van der Waals surface area contributed by atoms with E-state index >= 15 is 0 Å². The number of nitrogens with one attached hydrogen (secondary N) is 2. The van der Waals surface area contributed by atoms with Gasteiger partial charge in [0.1, 0.15) is 0 Å². The van der Waals surface area contributed by atoms with Gasteiger partial charge in [0.2, 0.25) is 5.91 Å². The molecule has 0 saturated carbocycles. The van der Waals surface area contributed by atoms with Gasteiger partial charge in [0, 0.05) is 19.3 Å². The van der Waals surface area contributed by atoms with Gasteiger partial charge in [-0.15, -0.1) is 11.6 Å². The molecule has 0 heterocycles. The van der Waals surface area contributed by atoms with Crippen molar-refractivity contribution in [3.8, 4) is 0 Å². The van der Waals surface area contributed by atoms with E-state index in [1.54, 1.807) is 7.05 Å². The molecule has 4 nitrogen and oxygen atoms in total. The maximum atomic E-state index is 11.1. The maximum Gasteiger partial charge on any atom is 0.224 e. The van der Waals surface area contributed by atoms with E-state index < -0.39 is 6.10 Å². The second kappa shape index (κ2) is 7.14. The number of anilines is 1. The number of hydrogen-bond acceptors (Lipinski definition) is 3. The summed E-state index contributed by atoms with van der Waals surface area (Å²) in [5, 5.41) is 14.9. The number of benzene rings is 1. The molecule has 1 aromatic rings. The predicted molar refractivity (Wildman–Crippen MR) is 69.4 cm³/mol. The normalized spacial score (nSPS) is 11.9. The van der Waals surface area contributed by atoms with Crippen molar-refractivity contribution in [2.75, 3.05) is 24.8 Å². The molecule has 5 heteroatoms. The van der Waals surface area contributed by atoms with Crippen LogP contribution in [-0.4, -0.2) is 36.6 Å². The number of amides is 1. The maximum absolute atomic E-state index is 11.1. The van der Waals surface area contributed by atoms with Crippen LogP contribution in [0, 0.1) is 0 Å². The molecule has 1 unspecified atom stereocenters. The molecule has 1 rings (SSSR count). The van der Waals surface area contributed by atoms with Gasteiger partial charge >= 0.3 is 0 Å². The lowest BCUT2D eigenvalue weighted by Crippen LogP contribution is -2.21. The van der Waals surface area contributed by atoms with E-state index in [0.29, 0.717) is 13.0 Å². The first-order chi connectivity index (χ1) is 8.15. The zero-order valence-electron chi connectivity index (χ0n) is 9.74. The Hall–Kier alpha value is -1.26. The first kappa shape index (κ1) is 13.8. The third-order valence-electron chi connectivity index (χ3n) is 2.32. The lowest BCUT2D eigenvalue weighted by molar-refractivity contribution is -0.119. The van der Waals surface area contributed by atoms with E-state index in [4.69, 9.17) is 11.6 Å². The summed E-state index contributed by atoms with van der Waals surface area (Å²) in [6, 6.07) is 7.51. The highest BCUT2D eigenvalue weighted by molar-refractivity contribution is 6.18. The Morgan fingerprint density at radius 2 is 2.06 bits per heavy atom. The van der Waals surface area contributed by atoms with Crippen LogP contribution in [0.25, 0.3) is 0 Å². The zero-order valence-corrected chi connectivity index (χ0v) is 10.5. The molecule has 0 saturated heterocycles. The van der Waals surface area contributed by atoms with Crippen LogP contribution in [0.4, 0.5) is 5.69 Å². The number of alkyl halides is 1. The van der Waals surface area contributed by atoms with Crippen LogP contribution in [0.15, 0.2) is 24.3 Å². The van der Waals surface area contributed by atoms with E-state index in [0.717, 1.165) is 11.3 Å². The molecule has 1 aromatic carbocycles. The fraction of sp³-hybridized carbons (Fsp3) is 0.417. The van der Waals surface area contributed by atoms with Crippen LogP contribution in [0.5, 0.6) is 0 Å². The lowest BCUT2D eigenvalue weighted by atomic mass is 10.1. The summed E-state index contributed by atoms with van der Waals surface area (Å²) < 4.78 is 0. The number of aliphatic hydroxyl groups excluding tert-OH is 1. The van der Waals surface area contributed by atoms with Crippen LogP contribution in [0.3, 0.4) is 0 Å². The van der Waals surface area contributed by atoms with Gasteiger partial charge in [-0.25, -0.2) is 0 Å². The molecule has 0 aliphatic carbocycles. The first-order valence-electron chi connectivity index (χ1n) is 5.43. The van der Waals surface area contributed by atoms with Gasteiger partial charge in [0.05, 0.1) is 18.4 Å². The lowest BCUT2D eigenvalue weighted by Gasteiger charge is -2.10. The van der Waals surface area contributed by atoms with Gasteiger partial charge < -0.3 is 15.7 Å². The molecule has 94 valence electrons. The molecule has 0 bridgehead atoms. The van der Waals surface area contributed by atoms with Crippen LogP contribution < -0.4 is 10.6 Å². The number of carbonyl (C=O) groups excluding carboxylic acids is 1. The summed E-state index contributed by atoms with van der Waals surface area (Å²) in [6.45, 7) is 0.415. The summed E-state index contributed by atoms with van der Waals surface area (Å²) in [4.78, 5) is 11.1. The topological polar surface area (TPSA) is 61.4 Å². The summed E-state index contributed by atoms with van der Waals surface area (Å²) in [7, 11) is 1.62. The summed E-state index contributed by atoms with van der Waals surface area (Å²) in [5.74, 6) is 0.199. The van der Waals surface area contributed by atoms with Crippen molar-refractivity contribution in [3.63, 3.8) is 0 Å². The van der Waals surface area contributed by atoms with Gasteiger partial charge in [0.25, 0.3) is 0 Å². The second-order valence-electron chi connectivity index (χ2n) is 3.74. The zero-order chi connectivity index (χ0) is 12.7. The Balaban J connectivity index is 2.47. The smallest absolute Gasteiger partial charge is 0.224 e. The third kappa shape index (κ3) is 5.06. The van der Waals surface area contributed by atoms with Crippen molar-refractivity contribution in [2.24, 2.45) is 0 Å². The molecule has 0 spiro atoms. The molecule has 0 aromatic heterocycles. The minimum atomic E-state index is -0.554. The number of rotatable bonds is 6. The third-order valence-corrected chi connectivity index (χ3v) is 2.67. The fourth-order valence-electron chi connectivity index (χ4n) is 1.30. The number of hydrogen-bond donors (Lipinski definition) is 3. The molecule has 1 atom stereocenters. The average molecular weight is 257 g/mol. The summed E-state index contributed by atoms with van der Waals surface area (Å²) in [5.41, 5.74) is 1.85. The Morgan fingerprint density at radius 1 is 1.41 bits per heavy atom. The standard InChI is InChI=1S/C12H17ClN2O2/c1-14-12(17)6-9-2-4-10(5-3-9)15-8-11(16)7-13/h2-5,11,15-16H,6-8H2,1H3,(H,14,17). The van der Waals surface area contributed by atoms with E-state index in [1.807, 2.05) is 24.3 Å². The van der Waals surface area contributed by atoms with Crippen LogP contribution in [0.1, 0.15) is 5.56 Å². The molecule has 0 radical (unpaired) electrons. The van der Waals surface area contributed by atoms with Crippen molar-refractivity contribution < 1.29 is 9.90 Å². The molecule has 0 fully saturated rings. The fourth-order valence-corrected chi connectivity index (χ4v) is 1.41. The van der Waals surface area contributed by atoms with Crippen molar-refractivity contribution in [1.29, 1.82) is 0 Å². The minimum Gasteiger partial charge on any atom is -0.390 e. The highest BCUT2D eigenvalue weighted by Gasteiger charge is 2.03. The SMILES string of the molecule is CNC(=O)Cc1ccc(NCC(O)CCl)cc1. The Morgan fingerprint density at radius 3 is 2.59 bits per heavy atom. The Kier molecular flexibility index (Phi) is 5.80. The number of halogens is 1. The van der Waals surface area contributed by atoms with Crippen LogP contribution >= 0.6 is 11.6 Å². The second-order valence-corrected chi connectivity index (χ2v) is 4.04. The van der Waals surface area contributed by atoms with Crippen molar-refractivity contribution in [2.45, 2.75) is 12.5 Å². The summed E-state index contributed by atoms with van der Waals surface area (Å²) >= 11 is 5.48. The molecule has 0 aliphatic heterocycles. The van der Waals surface area contributed by atoms with Crippen molar-refractivity contribution >= 4 is 23.2 Å². The number of likely N-dealkylation sites (N-methyl/N-ethyl adjacent to an activating group) is 1. The highest BCUT2D eigenvalue weighted by Crippen LogP contribution is 2.10. The predicted octanol–water partition coefficient (Wildman–Crippen LogP) is 0.987. The average Bonchev–Trinajstić information content (AvgIpc) is 2.37. The molecule has 0 aliphatic rings. The highest BCUT2D eigenvalue weighted by atomic mass is 35.5. The number of carbonyl (C=O) groups is 1. The summed E-state index contributed by atoms with van der Waals surface area (Å²) in [6.07, 6.45) is -0.177. The van der Waals surface area contributed by atoms with Crippen molar-refractivity contribution in [3.05, 3.63) is 29.8 Å². The van der Waals surface area contributed by atoms with Gasteiger partial charge in [-0.1, -0.05) is 12.1 Å². The molecule has 17 heavy (non-hydrogen) atoms. The van der Waals surface area contributed by atoms with Gasteiger partial charge in [-0.2, -0.15) is 0 Å². The quantitative estimate of drug-likeness (QED) is 0.665. The van der Waals surface area contributed by atoms with Crippen LogP contribution in [-0.2, 0) is 11.2 Å². The van der Waals surface area contributed by atoms with E-state index in [2.05, 4.69) is 10.6 Å². The molecular weight excluding hydrogens is 240 g/mol. The van der Waals surface area contributed by atoms with E-state index in [9.17, 15) is 9.90 Å². The van der Waals surface area contributed by atoms with Gasteiger partial charge in [0.15, 0.2) is 0 Å². The molecular formula is C12H17ClN2O2. The number of aliphatic hydroxyl groups is 1. The largest absolute Gasteiger partial charge is 0.390 e. The monoisotopic (exact) mass is 256 g/mol. The Bertz CT molecular complexity index is 354. The van der Waals surface area contributed by atoms with Crippen LogP contribution in [0.2, 0.25) is 0 Å². The molecule has 3 N–H and O–H groups in total.